The number of ether oxygens (including phenoxy) is 4. The maximum absolute atomic E-state index is 14.1. The summed E-state index contributed by atoms with van der Waals surface area (Å²) in [4.78, 5) is 19.1. The van der Waals surface area contributed by atoms with Gasteiger partial charge in [-0.05, 0) is 47.5 Å². The predicted octanol–water partition coefficient (Wildman–Crippen LogP) is 4.45. The summed E-state index contributed by atoms with van der Waals surface area (Å²) in [5.41, 5.74) is 1.20. The Kier molecular flexibility index (Phi) is 10.1. The molecule has 0 radical (unpaired) electrons. The smallest absolute Gasteiger partial charge is 0.252 e. The highest BCUT2D eigenvalue weighted by atomic mass is 79.9. The Hall–Kier alpha value is -3.24. The Morgan fingerprint density at radius 1 is 1.05 bits per heavy atom. The van der Waals surface area contributed by atoms with Crippen LogP contribution in [0, 0.1) is 0 Å². The van der Waals surface area contributed by atoms with E-state index in [0.29, 0.717) is 31.1 Å². The van der Waals surface area contributed by atoms with Crippen LogP contribution >= 0.6 is 15.9 Å². The van der Waals surface area contributed by atoms with Crippen molar-refractivity contribution >= 4 is 27.7 Å². The van der Waals surface area contributed by atoms with E-state index in [9.17, 15) is 4.79 Å². The van der Waals surface area contributed by atoms with Crippen molar-refractivity contribution in [2.75, 3.05) is 34.0 Å². The predicted molar refractivity (Wildman–Crippen MR) is 152 cm³/mol. The third-order valence-electron chi connectivity index (χ3n) is 6.47. The fraction of sp³-hybridized carbons (Fsp3) is 0.333. The van der Waals surface area contributed by atoms with Gasteiger partial charge in [-0.1, -0.05) is 58.4 Å². The number of aliphatic hydroxyl groups is 1. The third-order valence-corrected chi connectivity index (χ3v) is 7.00. The zero-order valence-corrected chi connectivity index (χ0v) is 23.6. The van der Waals surface area contributed by atoms with Gasteiger partial charge in [-0.25, -0.2) is 4.99 Å². The van der Waals surface area contributed by atoms with Gasteiger partial charge in [0.05, 0.1) is 13.2 Å². The molecular weight excluding hydrogens is 564 g/mol. The molecular formula is C30H33BrN2O6. The van der Waals surface area contributed by atoms with E-state index in [1.165, 1.54) is 14.2 Å². The van der Waals surface area contributed by atoms with Gasteiger partial charge in [0, 0.05) is 43.7 Å². The van der Waals surface area contributed by atoms with Crippen molar-refractivity contribution in [3.63, 3.8) is 0 Å². The molecule has 2 N–H and O–H groups in total. The highest BCUT2D eigenvalue weighted by Crippen LogP contribution is 2.42. The monoisotopic (exact) mass is 596 g/mol. The molecule has 9 heteroatoms. The van der Waals surface area contributed by atoms with Crippen molar-refractivity contribution < 1.29 is 28.8 Å². The van der Waals surface area contributed by atoms with Gasteiger partial charge in [0.15, 0.2) is 17.9 Å². The lowest BCUT2D eigenvalue weighted by molar-refractivity contribution is -0.134. The zero-order chi connectivity index (χ0) is 27.7. The van der Waals surface area contributed by atoms with Crippen LogP contribution in [0.4, 0.5) is 0 Å². The largest absolute Gasteiger partial charge is 0.494 e. The Morgan fingerprint density at radius 3 is 2.38 bits per heavy atom. The number of hydrogen-bond donors (Lipinski definition) is 2. The summed E-state index contributed by atoms with van der Waals surface area (Å²) >= 11 is 3.50. The fourth-order valence-electron chi connectivity index (χ4n) is 4.42. The molecule has 1 aliphatic rings. The molecule has 3 aromatic carbocycles. The van der Waals surface area contributed by atoms with E-state index < -0.39 is 17.9 Å². The van der Waals surface area contributed by atoms with E-state index in [1.807, 2.05) is 78.9 Å². The van der Waals surface area contributed by atoms with Crippen LogP contribution in [0.1, 0.15) is 29.2 Å². The first-order valence-electron chi connectivity index (χ1n) is 12.7. The standard InChI is InChI=1S/C30H33BrN2O6/c1-36-26(37-2)20-32-29(35)30(19-21-7-4-3-5-8-21)27(22-9-13-24(31)14-10-22)39-28(33-30)23-11-15-25(16-12-23)38-18-6-17-34/h3-5,7-16,26-27,34H,6,17-20H2,1-2H3,(H,32,35)/t27-,30-/m1/s1. The number of hydrogen-bond acceptors (Lipinski definition) is 7. The average Bonchev–Trinajstić information content (AvgIpc) is 3.35. The van der Waals surface area contributed by atoms with E-state index in [1.54, 1.807) is 0 Å². The second-order valence-electron chi connectivity index (χ2n) is 9.11. The number of rotatable bonds is 13. The van der Waals surface area contributed by atoms with Crippen LogP contribution in [0.15, 0.2) is 88.3 Å². The lowest BCUT2D eigenvalue weighted by atomic mass is 9.82. The Balaban J connectivity index is 1.74. The van der Waals surface area contributed by atoms with Crippen molar-refractivity contribution in [3.05, 3.63) is 100 Å². The molecule has 0 unspecified atom stereocenters. The number of halogens is 1. The van der Waals surface area contributed by atoms with Gasteiger partial charge in [-0.3, -0.25) is 4.79 Å². The fourth-order valence-corrected chi connectivity index (χ4v) is 4.68. The molecule has 0 fully saturated rings. The van der Waals surface area contributed by atoms with Crippen molar-refractivity contribution in [2.24, 2.45) is 4.99 Å². The van der Waals surface area contributed by atoms with Crippen LogP contribution in [0.2, 0.25) is 0 Å². The maximum atomic E-state index is 14.1. The van der Waals surface area contributed by atoms with Crippen LogP contribution in [-0.2, 0) is 25.4 Å². The van der Waals surface area contributed by atoms with Gasteiger partial charge in [-0.2, -0.15) is 0 Å². The number of aliphatic imine (C=N–C) groups is 1. The first-order valence-corrected chi connectivity index (χ1v) is 13.5. The molecule has 1 heterocycles. The second-order valence-corrected chi connectivity index (χ2v) is 10.0. The zero-order valence-electron chi connectivity index (χ0n) is 22.0. The molecule has 39 heavy (non-hydrogen) atoms. The van der Waals surface area contributed by atoms with Crippen LogP contribution in [0.3, 0.4) is 0 Å². The number of aliphatic hydroxyl groups excluding tert-OH is 1. The molecule has 8 nitrogen and oxygen atoms in total. The van der Waals surface area contributed by atoms with Crippen LogP contribution in [-0.4, -0.2) is 62.7 Å². The van der Waals surface area contributed by atoms with E-state index in [-0.39, 0.29) is 19.1 Å². The van der Waals surface area contributed by atoms with Gasteiger partial charge < -0.3 is 29.4 Å². The SMILES string of the molecule is COC(CNC(=O)[C@]1(Cc2ccccc2)N=C(c2ccc(OCCCO)cc2)O[C@@H]1c1ccc(Br)cc1)OC. The Bertz CT molecular complexity index is 1230. The number of nitrogens with one attached hydrogen (secondary N) is 1. The minimum absolute atomic E-state index is 0.0707. The Morgan fingerprint density at radius 2 is 1.74 bits per heavy atom. The number of amides is 1. The summed E-state index contributed by atoms with van der Waals surface area (Å²) in [5.74, 6) is 0.747. The molecule has 3 aromatic rings. The highest BCUT2D eigenvalue weighted by Gasteiger charge is 2.53. The van der Waals surface area contributed by atoms with Crippen LogP contribution in [0.25, 0.3) is 0 Å². The minimum atomic E-state index is -1.30. The van der Waals surface area contributed by atoms with Crippen molar-refractivity contribution in [2.45, 2.75) is 30.8 Å². The first kappa shape index (κ1) is 28.8. The highest BCUT2D eigenvalue weighted by molar-refractivity contribution is 9.10. The quantitative estimate of drug-likeness (QED) is 0.223. The molecule has 2 atom stereocenters. The van der Waals surface area contributed by atoms with E-state index >= 15 is 0 Å². The normalized spacial score (nSPS) is 18.5. The molecule has 1 aliphatic heterocycles. The van der Waals surface area contributed by atoms with Gasteiger partial charge in [0.25, 0.3) is 5.91 Å². The summed E-state index contributed by atoms with van der Waals surface area (Å²) in [7, 11) is 3.05. The van der Waals surface area contributed by atoms with E-state index in [4.69, 9.17) is 29.0 Å². The first-order chi connectivity index (χ1) is 19.0. The number of methoxy groups -OCH3 is 2. The number of benzene rings is 3. The molecule has 0 bridgehead atoms. The number of nitrogens with zero attached hydrogens (tertiary/aromatic N) is 1. The topological polar surface area (TPSA) is 98.6 Å². The third kappa shape index (κ3) is 7.05. The molecule has 0 aliphatic carbocycles. The van der Waals surface area contributed by atoms with Crippen molar-refractivity contribution in [1.29, 1.82) is 0 Å². The number of carbonyl (C=O) groups is 1. The second kappa shape index (κ2) is 13.7. The summed E-state index contributed by atoms with van der Waals surface area (Å²) in [6, 6.07) is 24.9. The van der Waals surface area contributed by atoms with E-state index in [0.717, 1.165) is 21.2 Å². The molecule has 1 amide bonds. The van der Waals surface area contributed by atoms with Crippen molar-refractivity contribution in [3.8, 4) is 5.75 Å². The molecule has 206 valence electrons. The van der Waals surface area contributed by atoms with Gasteiger partial charge in [0.1, 0.15) is 5.75 Å². The molecule has 0 saturated heterocycles. The minimum Gasteiger partial charge on any atom is -0.494 e. The lowest BCUT2D eigenvalue weighted by Crippen LogP contribution is -2.51. The molecule has 0 saturated carbocycles. The van der Waals surface area contributed by atoms with E-state index in [2.05, 4.69) is 21.2 Å². The van der Waals surface area contributed by atoms with Crippen LogP contribution < -0.4 is 10.1 Å². The average molecular weight is 598 g/mol. The summed E-state index contributed by atoms with van der Waals surface area (Å²) in [6.07, 6.45) is -0.421. The maximum Gasteiger partial charge on any atom is 0.252 e. The van der Waals surface area contributed by atoms with Gasteiger partial charge in [-0.15, -0.1) is 0 Å². The van der Waals surface area contributed by atoms with Crippen LogP contribution in [0.5, 0.6) is 5.75 Å². The van der Waals surface area contributed by atoms with Crippen molar-refractivity contribution in [1.82, 2.24) is 5.32 Å². The lowest BCUT2D eigenvalue weighted by Gasteiger charge is -2.31. The summed E-state index contributed by atoms with van der Waals surface area (Å²) in [6.45, 7) is 0.643. The summed E-state index contributed by atoms with van der Waals surface area (Å²) < 4.78 is 23.7. The molecule has 0 spiro atoms. The van der Waals surface area contributed by atoms with Gasteiger partial charge in [0.2, 0.25) is 5.90 Å². The molecule has 4 rings (SSSR count). The summed E-state index contributed by atoms with van der Waals surface area (Å²) in [5, 5.41) is 12.0. The number of carbonyl (C=O) groups excluding carboxylic acids is 1. The Labute approximate surface area is 237 Å². The molecule has 0 aromatic heterocycles. The van der Waals surface area contributed by atoms with Gasteiger partial charge >= 0.3 is 0 Å².